The monoisotopic (exact) mass is 186 g/mol. The van der Waals surface area contributed by atoms with E-state index >= 15 is 0 Å². The molecule has 0 radical (unpaired) electrons. The minimum atomic E-state index is -0.419. The lowest BCUT2D eigenvalue weighted by Crippen LogP contribution is -2.47. The molecule has 1 amide bonds. The number of carbonyl (C=O) groups excluding carboxylic acids is 1. The highest BCUT2D eigenvalue weighted by Crippen LogP contribution is 2.18. The van der Waals surface area contributed by atoms with E-state index in [9.17, 15) is 4.79 Å². The Hall–Kier alpha value is -0.610. The van der Waals surface area contributed by atoms with Crippen LogP contribution in [-0.4, -0.2) is 42.6 Å². The van der Waals surface area contributed by atoms with E-state index in [0.717, 1.165) is 13.0 Å². The molecule has 0 aromatic heterocycles. The zero-order valence-electron chi connectivity index (χ0n) is 8.49. The highest BCUT2D eigenvalue weighted by molar-refractivity contribution is 5.81. The molecule has 2 N–H and O–H groups in total. The van der Waals surface area contributed by atoms with Crippen LogP contribution in [0.25, 0.3) is 0 Å². The Morgan fingerprint density at radius 1 is 1.69 bits per heavy atom. The van der Waals surface area contributed by atoms with E-state index in [1.165, 1.54) is 0 Å². The molecule has 3 atom stereocenters. The van der Waals surface area contributed by atoms with Crippen molar-refractivity contribution in [2.75, 3.05) is 13.7 Å². The van der Waals surface area contributed by atoms with Crippen LogP contribution < -0.4 is 5.73 Å². The molecule has 1 heterocycles. The molecular weight excluding hydrogens is 168 g/mol. The normalized spacial score (nSPS) is 30.2. The Labute approximate surface area is 79.0 Å². The van der Waals surface area contributed by atoms with Crippen molar-refractivity contribution in [2.45, 2.75) is 38.5 Å². The highest BCUT2D eigenvalue weighted by atomic mass is 16.5. The highest BCUT2D eigenvalue weighted by Gasteiger charge is 2.31. The summed E-state index contributed by atoms with van der Waals surface area (Å²) in [5.74, 6) is -0.0117. The van der Waals surface area contributed by atoms with Gasteiger partial charge in [0.05, 0.1) is 18.2 Å². The largest absolute Gasteiger partial charge is 0.376 e. The first-order chi connectivity index (χ1) is 6.04. The van der Waals surface area contributed by atoms with Crippen LogP contribution in [0.2, 0.25) is 0 Å². The van der Waals surface area contributed by atoms with Gasteiger partial charge in [-0.25, -0.2) is 0 Å². The summed E-state index contributed by atoms with van der Waals surface area (Å²) in [5, 5.41) is 0. The van der Waals surface area contributed by atoms with Gasteiger partial charge < -0.3 is 15.4 Å². The first kappa shape index (κ1) is 10.5. The third kappa shape index (κ3) is 2.19. The van der Waals surface area contributed by atoms with Crippen LogP contribution >= 0.6 is 0 Å². The Bertz CT molecular complexity index is 194. The maximum Gasteiger partial charge on any atom is 0.239 e. The summed E-state index contributed by atoms with van der Waals surface area (Å²) in [6.07, 6.45) is 1.04. The van der Waals surface area contributed by atoms with Gasteiger partial charge in [-0.3, -0.25) is 4.79 Å². The number of rotatable bonds is 2. The van der Waals surface area contributed by atoms with Crippen molar-refractivity contribution in [3.63, 3.8) is 0 Å². The van der Waals surface area contributed by atoms with Gasteiger partial charge in [-0.15, -0.1) is 0 Å². The van der Waals surface area contributed by atoms with E-state index in [1.807, 2.05) is 6.92 Å². The molecule has 1 aliphatic heterocycles. The van der Waals surface area contributed by atoms with E-state index in [-0.39, 0.29) is 18.1 Å². The third-order valence-corrected chi connectivity index (χ3v) is 2.57. The standard InChI is InChI=1S/C9H18N2O2/c1-6(10)9(12)11(3)8-4-5-13-7(8)2/h6-8H,4-5,10H2,1-3H3. The van der Waals surface area contributed by atoms with E-state index in [0.29, 0.717) is 0 Å². The van der Waals surface area contributed by atoms with Crippen molar-refractivity contribution in [1.29, 1.82) is 0 Å². The second-order valence-electron chi connectivity index (χ2n) is 3.67. The molecule has 4 heteroatoms. The summed E-state index contributed by atoms with van der Waals surface area (Å²) in [4.78, 5) is 13.2. The summed E-state index contributed by atoms with van der Waals surface area (Å²) in [6, 6.07) is -0.226. The van der Waals surface area contributed by atoms with Gasteiger partial charge >= 0.3 is 0 Å². The molecule has 3 unspecified atom stereocenters. The summed E-state index contributed by atoms with van der Waals surface area (Å²) in [7, 11) is 1.79. The Morgan fingerprint density at radius 2 is 2.31 bits per heavy atom. The predicted octanol–water partition coefficient (Wildman–Crippen LogP) is -0.0306. The smallest absolute Gasteiger partial charge is 0.239 e. The lowest BCUT2D eigenvalue weighted by molar-refractivity contribution is -0.133. The molecule has 1 rings (SSSR count). The summed E-state index contributed by atoms with van der Waals surface area (Å²) in [6.45, 7) is 4.43. The fourth-order valence-electron chi connectivity index (χ4n) is 1.71. The summed E-state index contributed by atoms with van der Waals surface area (Å²) >= 11 is 0. The van der Waals surface area contributed by atoms with Crippen molar-refractivity contribution in [1.82, 2.24) is 4.90 Å². The van der Waals surface area contributed by atoms with Gasteiger partial charge in [0.2, 0.25) is 5.91 Å². The lowest BCUT2D eigenvalue weighted by Gasteiger charge is -2.28. The second kappa shape index (κ2) is 4.07. The molecule has 0 saturated carbocycles. The lowest BCUT2D eigenvalue weighted by atomic mass is 10.1. The van der Waals surface area contributed by atoms with Gasteiger partial charge in [-0.05, 0) is 20.3 Å². The van der Waals surface area contributed by atoms with Crippen LogP contribution in [-0.2, 0) is 9.53 Å². The van der Waals surface area contributed by atoms with Crippen LogP contribution in [0.3, 0.4) is 0 Å². The van der Waals surface area contributed by atoms with Gasteiger partial charge in [0, 0.05) is 13.7 Å². The molecule has 0 aromatic carbocycles. The van der Waals surface area contributed by atoms with Crippen LogP contribution in [0.1, 0.15) is 20.3 Å². The number of hydrogen-bond donors (Lipinski definition) is 1. The van der Waals surface area contributed by atoms with Crippen molar-refractivity contribution in [3.8, 4) is 0 Å². The maximum absolute atomic E-state index is 11.5. The van der Waals surface area contributed by atoms with Crippen LogP contribution in [0, 0.1) is 0 Å². The molecule has 1 aliphatic rings. The van der Waals surface area contributed by atoms with Gasteiger partial charge in [0.25, 0.3) is 0 Å². The molecule has 0 bridgehead atoms. The Kier molecular flexibility index (Phi) is 3.27. The maximum atomic E-state index is 11.5. The number of likely N-dealkylation sites (N-methyl/N-ethyl adjacent to an activating group) is 1. The van der Waals surface area contributed by atoms with Crippen molar-refractivity contribution >= 4 is 5.91 Å². The molecular formula is C9H18N2O2. The van der Waals surface area contributed by atoms with Crippen molar-refractivity contribution in [3.05, 3.63) is 0 Å². The van der Waals surface area contributed by atoms with Gasteiger partial charge in [0.1, 0.15) is 0 Å². The molecule has 0 spiro atoms. The van der Waals surface area contributed by atoms with Crippen LogP contribution in [0.4, 0.5) is 0 Å². The van der Waals surface area contributed by atoms with Crippen LogP contribution in [0.5, 0.6) is 0 Å². The topological polar surface area (TPSA) is 55.6 Å². The molecule has 0 aromatic rings. The summed E-state index contributed by atoms with van der Waals surface area (Å²) < 4.78 is 5.38. The van der Waals surface area contributed by atoms with E-state index in [1.54, 1.807) is 18.9 Å². The second-order valence-corrected chi connectivity index (χ2v) is 3.67. The van der Waals surface area contributed by atoms with Gasteiger partial charge in [-0.1, -0.05) is 0 Å². The summed E-state index contributed by atoms with van der Waals surface area (Å²) in [5.41, 5.74) is 5.52. The predicted molar refractivity (Wildman–Crippen MR) is 50.2 cm³/mol. The number of nitrogens with zero attached hydrogens (tertiary/aromatic N) is 1. The fourth-order valence-corrected chi connectivity index (χ4v) is 1.71. The minimum Gasteiger partial charge on any atom is -0.376 e. The minimum absolute atomic E-state index is 0.0117. The molecule has 76 valence electrons. The Balaban J connectivity index is 2.56. The van der Waals surface area contributed by atoms with E-state index < -0.39 is 6.04 Å². The average molecular weight is 186 g/mol. The first-order valence-electron chi connectivity index (χ1n) is 4.68. The number of ether oxygens (including phenoxy) is 1. The number of carbonyl (C=O) groups is 1. The molecule has 4 nitrogen and oxygen atoms in total. The zero-order chi connectivity index (χ0) is 10.0. The van der Waals surface area contributed by atoms with Gasteiger partial charge in [-0.2, -0.15) is 0 Å². The number of nitrogens with two attached hydrogens (primary N) is 1. The van der Waals surface area contributed by atoms with Crippen molar-refractivity contribution in [2.24, 2.45) is 5.73 Å². The Morgan fingerprint density at radius 3 is 2.69 bits per heavy atom. The number of amides is 1. The average Bonchev–Trinajstić information content (AvgIpc) is 2.48. The van der Waals surface area contributed by atoms with E-state index in [4.69, 9.17) is 10.5 Å². The fraction of sp³-hybridized carbons (Fsp3) is 0.889. The quantitative estimate of drug-likeness (QED) is 0.659. The molecule has 0 aliphatic carbocycles. The molecule has 13 heavy (non-hydrogen) atoms. The van der Waals surface area contributed by atoms with Gasteiger partial charge in [0.15, 0.2) is 0 Å². The van der Waals surface area contributed by atoms with Crippen LogP contribution in [0.15, 0.2) is 0 Å². The van der Waals surface area contributed by atoms with Crippen molar-refractivity contribution < 1.29 is 9.53 Å². The number of hydrogen-bond acceptors (Lipinski definition) is 3. The van der Waals surface area contributed by atoms with E-state index in [2.05, 4.69) is 0 Å². The first-order valence-corrected chi connectivity index (χ1v) is 4.68. The molecule has 1 saturated heterocycles. The SMILES string of the molecule is CC(N)C(=O)N(C)C1CCOC1C. The zero-order valence-corrected chi connectivity index (χ0v) is 8.49. The third-order valence-electron chi connectivity index (χ3n) is 2.57. The molecule has 1 fully saturated rings.